The normalized spacial score (nSPS) is 17.4. The third-order valence-corrected chi connectivity index (χ3v) is 4.14. The Morgan fingerprint density at radius 3 is 2.76 bits per heavy atom. The van der Waals surface area contributed by atoms with Gasteiger partial charge in [-0.3, -0.25) is 0 Å². The van der Waals surface area contributed by atoms with Gasteiger partial charge < -0.3 is 19.8 Å². The molecule has 0 radical (unpaired) electrons. The van der Waals surface area contributed by atoms with Gasteiger partial charge in [0.05, 0.1) is 14.2 Å². The van der Waals surface area contributed by atoms with E-state index in [9.17, 15) is 0 Å². The van der Waals surface area contributed by atoms with Crippen LogP contribution < -0.4 is 15.2 Å². The lowest BCUT2D eigenvalue weighted by Crippen LogP contribution is -2.16. The van der Waals surface area contributed by atoms with Gasteiger partial charge in [-0.1, -0.05) is 6.07 Å². The fraction of sp³-hybridized carbons (Fsp3) is 0.438. The van der Waals surface area contributed by atoms with Gasteiger partial charge in [-0.25, -0.2) is 4.98 Å². The number of imidazole rings is 1. The molecular formula is C16H21N3O2. The zero-order chi connectivity index (χ0) is 15.0. The van der Waals surface area contributed by atoms with Gasteiger partial charge in [0.1, 0.15) is 17.3 Å². The van der Waals surface area contributed by atoms with Crippen LogP contribution in [0.3, 0.4) is 0 Å². The van der Waals surface area contributed by atoms with E-state index in [0.717, 1.165) is 36.3 Å². The average molecular weight is 287 g/mol. The number of rotatable bonds is 3. The van der Waals surface area contributed by atoms with Gasteiger partial charge in [0.2, 0.25) is 0 Å². The number of benzene rings is 1. The van der Waals surface area contributed by atoms with E-state index >= 15 is 0 Å². The number of nitrogens with two attached hydrogens (primary N) is 1. The number of hydrogen-bond acceptors (Lipinski definition) is 4. The lowest BCUT2D eigenvalue weighted by molar-refractivity contribution is 0.356. The van der Waals surface area contributed by atoms with Crippen molar-refractivity contribution in [3.8, 4) is 22.8 Å². The standard InChI is InChI=1S/C16H21N3O2/c1-10-6-4-9-13-18-14(16(17)19(10)13)11-7-5-8-12(20-2)15(11)21-3/h5,7-8,10H,4,6,9,17H2,1-3H3. The molecule has 0 saturated heterocycles. The fourth-order valence-electron chi connectivity index (χ4n) is 3.12. The molecule has 1 aliphatic rings. The SMILES string of the molecule is COc1cccc(-c2nc3n(c2N)C(C)CCC3)c1OC. The molecule has 1 aliphatic heterocycles. The summed E-state index contributed by atoms with van der Waals surface area (Å²) in [4.78, 5) is 4.76. The number of methoxy groups -OCH3 is 2. The minimum absolute atomic E-state index is 0.395. The molecular weight excluding hydrogens is 266 g/mol. The number of para-hydroxylation sites is 1. The summed E-state index contributed by atoms with van der Waals surface area (Å²) in [7, 11) is 3.27. The van der Waals surface area contributed by atoms with Crippen LogP contribution in [0.1, 0.15) is 31.6 Å². The molecule has 2 aromatic rings. The highest BCUT2D eigenvalue weighted by Crippen LogP contribution is 2.41. The summed E-state index contributed by atoms with van der Waals surface area (Å²) >= 11 is 0. The molecule has 1 aromatic carbocycles. The molecule has 0 amide bonds. The van der Waals surface area contributed by atoms with E-state index in [-0.39, 0.29) is 0 Å². The van der Waals surface area contributed by atoms with Gasteiger partial charge in [0.25, 0.3) is 0 Å². The molecule has 2 N–H and O–H groups in total. The summed E-state index contributed by atoms with van der Waals surface area (Å²) in [6, 6.07) is 6.16. The minimum Gasteiger partial charge on any atom is -0.493 e. The topological polar surface area (TPSA) is 62.3 Å². The average Bonchev–Trinajstić information content (AvgIpc) is 2.84. The van der Waals surface area contributed by atoms with Crippen molar-refractivity contribution in [2.45, 2.75) is 32.2 Å². The van der Waals surface area contributed by atoms with Gasteiger partial charge >= 0.3 is 0 Å². The van der Waals surface area contributed by atoms with Crippen LogP contribution in [0.15, 0.2) is 18.2 Å². The van der Waals surface area contributed by atoms with E-state index in [0.29, 0.717) is 23.4 Å². The Hall–Kier alpha value is -2.17. The predicted molar refractivity (Wildman–Crippen MR) is 82.8 cm³/mol. The number of aromatic nitrogens is 2. The van der Waals surface area contributed by atoms with E-state index < -0.39 is 0 Å². The van der Waals surface area contributed by atoms with Crippen LogP contribution in [0.5, 0.6) is 11.5 Å². The first kappa shape index (κ1) is 13.8. The molecule has 0 aliphatic carbocycles. The molecule has 0 spiro atoms. The Labute approximate surface area is 124 Å². The quantitative estimate of drug-likeness (QED) is 0.942. The monoisotopic (exact) mass is 287 g/mol. The summed E-state index contributed by atoms with van der Waals surface area (Å²) < 4.78 is 13.0. The van der Waals surface area contributed by atoms with Crippen LogP contribution in [0.2, 0.25) is 0 Å². The summed E-state index contributed by atoms with van der Waals surface area (Å²) in [5.74, 6) is 3.14. The molecule has 1 unspecified atom stereocenters. The van der Waals surface area contributed by atoms with Gasteiger partial charge in [0, 0.05) is 18.0 Å². The molecule has 0 bridgehead atoms. The van der Waals surface area contributed by atoms with Gasteiger partial charge in [-0.2, -0.15) is 0 Å². The van der Waals surface area contributed by atoms with Crippen molar-refractivity contribution >= 4 is 5.82 Å². The van der Waals surface area contributed by atoms with Crippen molar-refractivity contribution in [1.29, 1.82) is 0 Å². The highest BCUT2D eigenvalue weighted by molar-refractivity contribution is 5.78. The van der Waals surface area contributed by atoms with Crippen molar-refractivity contribution in [3.05, 3.63) is 24.0 Å². The lowest BCUT2D eigenvalue weighted by atomic mass is 10.1. The van der Waals surface area contributed by atoms with Crippen molar-refractivity contribution in [2.75, 3.05) is 20.0 Å². The Morgan fingerprint density at radius 1 is 1.29 bits per heavy atom. The maximum absolute atomic E-state index is 6.37. The summed E-state index contributed by atoms with van der Waals surface area (Å²) in [6.45, 7) is 2.19. The van der Waals surface area contributed by atoms with E-state index in [4.69, 9.17) is 20.2 Å². The third kappa shape index (κ3) is 2.13. The van der Waals surface area contributed by atoms with Crippen molar-refractivity contribution in [2.24, 2.45) is 0 Å². The fourth-order valence-corrected chi connectivity index (χ4v) is 3.12. The smallest absolute Gasteiger partial charge is 0.170 e. The second-order valence-electron chi connectivity index (χ2n) is 5.41. The van der Waals surface area contributed by atoms with E-state index in [1.807, 2.05) is 18.2 Å². The number of nitrogens with zero attached hydrogens (tertiary/aromatic N) is 2. The minimum atomic E-state index is 0.395. The number of fused-ring (bicyclic) bond motifs is 1. The molecule has 5 heteroatoms. The number of nitrogen functional groups attached to an aromatic ring is 1. The summed E-state index contributed by atoms with van der Waals surface area (Å²) in [6.07, 6.45) is 3.27. The maximum atomic E-state index is 6.37. The molecule has 0 saturated carbocycles. The molecule has 5 nitrogen and oxygen atoms in total. The van der Waals surface area contributed by atoms with E-state index in [1.54, 1.807) is 14.2 Å². The second kappa shape index (κ2) is 5.31. The van der Waals surface area contributed by atoms with Crippen LogP contribution in [-0.4, -0.2) is 23.8 Å². The Bertz CT molecular complexity index is 664. The van der Waals surface area contributed by atoms with E-state index in [1.165, 1.54) is 0 Å². The van der Waals surface area contributed by atoms with Crippen LogP contribution in [0.25, 0.3) is 11.3 Å². The molecule has 3 rings (SSSR count). The zero-order valence-corrected chi connectivity index (χ0v) is 12.7. The first-order valence-electron chi connectivity index (χ1n) is 7.25. The first-order chi connectivity index (χ1) is 10.2. The van der Waals surface area contributed by atoms with Crippen molar-refractivity contribution in [3.63, 3.8) is 0 Å². The van der Waals surface area contributed by atoms with Crippen LogP contribution >= 0.6 is 0 Å². The largest absolute Gasteiger partial charge is 0.493 e. The Balaban J connectivity index is 2.18. The number of aryl methyl sites for hydroxylation is 1. The van der Waals surface area contributed by atoms with Crippen LogP contribution in [-0.2, 0) is 6.42 Å². The second-order valence-corrected chi connectivity index (χ2v) is 5.41. The predicted octanol–water partition coefficient (Wildman–Crippen LogP) is 3.05. The molecule has 1 atom stereocenters. The zero-order valence-electron chi connectivity index (χ0n) is 12.7. The van der Waals surface area contributed by atoms with Crippen LogP contribution in [0, 0.1) is 0 Å². The van der Waals surface area contributed by atoms with Gasteiger partial charge in [0.15, 0.2) is 11.5 Å². The van der Waals surface area contributed by atoms with Crippen molar-refractivity contribution in [1.82, 2.24) is 9.55 Å². The molecule has 1 aromatic heterocycles. The maximum Gasteiger partial charge on any atom is 0.170 e. The first-order valence-corrected chi connectivity index (χ1v) is 7.25. The highest BCUT2D eigenvalue weighted by Gasteiger charge is 2.25. The molecule has 21 heavy (non-hydrogen) atoms. The van der Waals surface area contributed by atoms with Crippen LogP contribution in [0.4, 0.5) is 5.82 Å². The lowest BCUT2D eigenvalue weighted by Gasteiger charge is -2.22. The van der Waals surface area contributed by atoms with E-state index in [2.05, 4.69) is 11.5 Å². The summed E-state index contributed by atoms with van der Waals surface area (Å²) in [5.41, 5.74) is 8.03. The molecule has 0 fully saturated rings. The Morgan fingerprint density at radius 2 is 2.10 bits per heavy atom. The summed E-state index contributed by atoms with van der Waals surface area (Å²) in [5, 5.41) is 0. The number of anilines is 1. The number of hydrogen-bond donors (Lipinski definition) is 1. The van der Waals surface area contributed by atoms with Crippen molar-refractivity contribution < 1.29 is 9.47 Å². The third-order valence-electron chi connectivity index (χ3n) is 4.14. The Kier molecular flexibility index (Phi) is 3.49. The number of ether oxygens (including phenoxy) is 2. The van der Waals surface area contributed by atoms with Gasteiger partial charge in [-0.05, 0) is 31.9 Å². The molecule has 112 valence electrons. The van der Waals surface area contributed by atoms with Gasteiger partial charge in [-0.15, -0.1) is 0 Å². The molecule has 2 heterocycles. The highest BCUT2D eigenvalue weighted by atomic mass is 16.5.